The second-order valence-corrected chi connectivity index (χ2v) is 14.7. The fraction of sp³-hybridized carbons (Fsp3) is 0.968. The SMILES string of the molecule is [C-]#[N+][C@H]1CC[C@]2(C)[C@H]3CC[C@]4(C)[C@@H]([C@H](C)CCCC(C)C)CC[C@@]4(C)[C@@H]3CC[C@H]2C1(C)C. The molecule has 0 N–H and O–H groups in total. The lowest BCUT2D eigenvalue weighted by molar-refractivity contribution is -0.180. The largest absolute Gasteiger partial charge is 0.313 e. The van der Waals surface area contributed by atoms with Crippen molar-refractivity contribution in [3.63, 3.8) is 0 Å². The summed E-state index contributed by atoms with van der Waals surface area (Å²) in [7, 11) is 0. The van der Waals surface area contributed by atoms with Crippen LogP contribution < -0.4 is 0 Å². The van der Waals surface area contributed by atoms with Crippen LogP contribution in [0.5, 0.6) is 0 Å². The first kappa shape index (κ1) is 24.6. The van der Waals surface area contributed by atoms with Gasteiger partial charge in [-0.05, 0) is 96.7 Å². The maximum atomic E-state index is 7.82. The van der Waals surface area contributed by atoms with E-state index in [1.54, 1.807) is 0 Å². The summed E-state index contributed by atoms with van der Waals surface area (Å²) in [5, 5.41) is 0. The van der Waals surface area contributed by atoms with Crippen LogP contribution in [0.2, 0.25) is 0 Å². The van der Waals surface area contributed by atoms with Crippen molar-refractivity contribution in [2.24, 2.45) is 57.2 Å². The van der Waals surface area contributed by atoms with Gasteiger partial charge < -0.3 is 4.85 Å². The first-order valence-corrected chi connectivity index (χ1v) is 14.3. The molecule has 9 atom stereocenters. The monoisotopic (exact) mass is 439 g/mol. The molecule has 0 spiro atoms. The maximum Gasteiger partial charge on any atom is 0.229 e. The zero-order chi connectivity index (χ0) is 23.5. The first-order valence-electron chi connectivity index (χ1n) is 14.3. The van der Waals surface area contributed by atoms with E-state index < -0.39 is 0 Å². The Balaban J connectivity index is 1.56. The third kappa shape index (κ3) is 3.43. The molecule has 0 radical (unpaired) electrons. The fourth-order valence-corrected chi connectivity index (χ4v) is 10.7. The van der Waals surface area contributed by atoms with Gasteiger partial charge in [0.2, 0.25) is 6.04 Å². The molecule has 0 aromatic heterocycles. The summed E-state index contributed by atoms with van der Waals surface area (Å²) in [6.45, 7) is 28.2. The van der Waals surface area contributed by atoms with Crippen molar-refractivity contribution >= 4 is 0 Å². The van der Waals surface area contributed by atoms with Crippen LogP contribution in [-0.4, -0.2) is 6.04 Å². The molecule has 182 valence electrons. The molecule has 0 heterocycles. The molecule has 4 fully saturated rings. The lowest BCUT2D eigenvalue weighted by atomic mass is 9.38. The Hall–Kier alpha value is -0.510. The number of rotatable bonds is 5. The second kappa shape index (κ2) is 8.31. The van der Waals surface area contributed by atoms with Gasteiger partial charge in [0.1, 0.15) is 0 Å². The molecule has 0 aromatic carbocycles. The van der Waals surface area contributed by atoms with Crippen molar-refractivity contribution < 1.29 is 0 Å². The highest BCUT2D eigenvalue weighted by molar-refractivity contribution is 5.17. The Labute approximate surface area is 200 Å². The van der Waals surface area contributed by atoms with E-state index in [-0.39, 0.29) is 11.5 Å². The lowest BCUT2D eigenvalue weighted by Crippen LogP contribution is -2.61. The number of hydrogen-bond acceptors (Lipinski definition) is 0. The molecule has 4 aliphatic rings. The van der Waals surface area contributed by atoms with Crippen LogP contribution in [0.25, 0.3) is 4.85 Å². The minimum absolute atomic E-state index is 0.185. The third-order valence-corrected chi connectivity index (χ3v) is 12.8. The maximum absolute atomic E-state index is 7.82. The predicted molar refractivity (Wildman–Crippen MR) is 137 cm³/mol. The molecule has 32 heavy (non-hydrogen) atoms. The smallest absolute Gasteiger partial charge is 0.229 e. The second-order valence-electron chi connectivity index (χ2n) is 14.7. The Morgan fingerprint density at radius 3 is 2.12 bits per heavy atom. The molecule has 1 nitrogen and oxygen atoms in total. The number of fused-ring (bicyclic) bond motifs is 5. The summed E-state index contributed by atoms with van der Waals surface area (Å²) in [6.07, 6.45) is 15.4. The van der Waals surface area contributed by atoms with E-state index in [2.05, 4.69) is 60.2 Å². The van der Waals surface area contributed by atoms with Gasteiger partial charge in [-0.1, -0.05) is 74.7 Å². The molecule has 0 saturated heterocycles. The molecule has 4 saturated carbocycles. The average molecular weight is 440 g/mol. The Morgan fingerprint density at radius 2 is 1.47 bits per heavy atom. The number of nitrogens with zero attached hydrogens (tertiary/aromatic N) is 1. The molecule has 0 aliphatic heterocycles. The summed E-state index contributed by atoms with van der Waals surface area (Å²) in [5.41, 5.74) is 1.71. The van der Waals surface area contributed by atoms with Crippen molar-refractivity contribution in [1.82, 2.24) is 0 Å². The van der Waals surface area contributed by atoms with Crippen LogP contribution in [0.1, 0.15) is 126 Å². The lowest BCUT2D eigenvalue weighted by Gasteiger charge is -2.66. The standard InChI is InChI=1S/C31H53N/c1-21(2)11-10-12-22(3)23-15-19-31(8)25-13-14-26-28(4,5)27(32-9)17-18-29(26,6)24(25)16-20-30(23,31)7/h21-27H,10-20H2,1-8H3/t22-,23-,24+,25-,26+,27+,29-,30-,31+/m1/s1. The van der Waals surface area contributed by atoms with Gasteiger partial charge in [-0.2, -0.15) is 0 Å². The Kier molecular flexibility index (Phi) is 6.39. The van der Waals surface area contributed by atoms with Gasteiger partial charge in [-0.25, -0.2) is 6.57 Å². The summed E-state index contributed by atoms with van der Waals surface area (Å²) in [6, 6.07) is 0.240. The van der Waals surface area contributed by atoms with E-state index in [1.807, 2.05) is 0 Å². The zero-order valence-electron chi connectivity index (χ0n) is 22.8. The molecule has 0 amide bonds. The fourth-order valence-electron chi connectivity index (χ4n) is 10.7. The van der Waals surface area contributed by atoms with E-state index >= 15 is 0 Å². The highest BCUT2D eigenvalue weighted by Gasteiger charge is 2.68. The Morgan fingerprint density at radius 1 is 0.781 bits per heavy atom. The van der Waals surface area contributed by atoms with E-state index in [9.17, 15) is 0 Å². The average Bonchev–Trinajstić information content (AvgIpc) is 2.99. The van der Waals surface area contributed by atoms with Crippen LogP contribution in [0.3, 0.4) is 0 Å². The topological polar surface area (TPSA) is 4.36 Å². The summed E-state index contributed by atoms with van der Waals surface area (Å²) < 4.78 is 0. The molecule has 0 bridgehead atoms. The normalized spacial score (nSPS) is 48.4. The first-order chi connectivity index (χ1) is 14.9. The minimum Gasteiger partial charge on any atom is -0.313 e. The summed E-state index contributed by atoms with van der Waals surface area (Å²) in [4.78, 5) is 4.12. The van der Waals surface area contributed by atoms with Gasteiger partial charge >= 0.3 is 0 Å². The molecule has 4 aliphatic carbocycles. The van der Waals surface area contributed by atoms with Gasteiger partial charge in [-0.3, -0.25) is 0 Å². The molecule has 1 heteroatoms. The molecular weight excluding hydrogens is 386 g/mol. The van der Waals surface area contributed by atoms with Crippen LogP contribution in [0.15, 0.2) is 0 Å². The summed E-state index contributed by atoms with van der Waals surface area (Å²) in [5.74, 6) is 5.21. The van der Waals surface area contributed by atoms with Crippen LogP contribution >= 0.6 is 0 Å². The van der Waals surface area contributed by atoms with E-state index in [0.717, 1.165) is 41.9 Å². The van der Waals surface area contributed by atoms with Crippen LogP contribution in [0.4, 0.5) is 0 Å². The van der Waals surface area contributed by atoms with Crippen molar-refractivity contribution in [3.8, 4) is 0 Å². The van der Waals surface area contributed by atoms with Gasteiger partial charge in [0.05, 0.1) is 0 Å². The van der Waals surface area contributed by atoms with Crippen LogP contribution in [0, 0.1) is 63.7 Å². The predicted octanol–water partition coefficient (Wildman–Crippen LogP) is 9.42. The van der Waals surface area contributed by atoms with Crippen molar-refractivity contribution in [1.29, 1.82) is 0 Å². The Bertz CT molecular complexity index is 729. The number of hydrogen-bond donors (Lipinski definition) is 0. The third-order valence-electron chi connectivity index (χ3n) is 12.8. The molecular formula is C31H53N. The minimum atomic E-state index is 0.185. The molecule has 0 unspecified atom stereocenters. The van der Waals surface area contributed by atoms with Crippen molar-refractivity contribution in [3.05, 3.63) is 11.4 Å². The molecule has 4 rings (SSSR count). The van der Waals surface area contributed by atoms with Gasteiger partial charge in [0.15, 0.2) is 0 Å². The van der Waals surface area contributed by atoms with Gasteiger partial charge in [0.25, 0.3) is 0 Å². The summed E-state index contributed by atoms with van der Waals surface area (Å²) >= 11 is 0. The molecule has 0 aromatic rings. The highest BCUT2D eigenvalue weighted by Crippen LogP contribution is 2.74. The van der Waals surface area contributed by atoms with E-state index in [1.165, 1.54) is 64.2 Å². The van der Waals surface area contributed by atoms with Gasteiger partial charge in [-0.15, -0.1) is 0 Å². The van der Waals surface area contributed by atoms with Gasteiger partial charge in [0, 0.05) is 11.8 Å². The quantitative estimate of drug-likeness (QED) is 0.376. The van der Waals surface area contributed by atoms with E-state index in [4.69, 9.17) is 6.57 Å². The van der Waals surface area contributed by atoms with E-state index in [0.29, 0.717) is 16.2 Å². The van der Waals surface area contributed by atoms with Crippen LogP contribution in [-0.2, 0) is 0 Å². The van der Waals surface area contributed by atoms with Crippen molar-refractivity contribution in [2.45, 2.75) is 132 Å². The highest BCUT2D eigenvalue weighted by atomic mass is 14.8. The zero-order valence-corrected chi connectivity index (χ0v) is 22.8. The van der Waals surface area contributed by atoms with Crippen molar-refractivity contribution in [2.75, 3.05) is 0 Å².